The monoisotopic (exact) mass is 471 g/mol. The van der Waals surface area contributed by atoms with E-state index in [0.717, 1.165) is 5.75 Å². The molecule has 0 saturated carbocycles. The Kier molecular flexibility index (Phi) is 10.6. The fourth-order valence-electron chi connectivity index (χ4n) is 2.67. The second-order valence-corrected chi connectivity index (χ2v) is 6.96. The Morgan fingerprint density at radius 1 is 1.06 bits per heavy atom. The lowest BCUT2D eigenvalue weighted by molar-refractivity contribution is -0.124. The van der Waals surface area contributed by atoms with Crippen molar-refractivity contribution < 1.29 is 23.8 Å². The van der Waals surface area contributed by atoms with Crippen LogP contribution in [0.1, 0.15) is 32.3 Å². The number of rotatable bonds is 12. The average Bonchev–Trinajstić information content (AvgIpc) is 2.79. The zero-order chi connectivity index (χ0) is 24.1. The summed E-state index contributed by atoms with van der Waals surface area (Å²) in [6, 6.07) is 10.3. The Bertz CT molecular complexity index is 1020. The van der Waals surface area contributed by atoms with Gasteiger partial charge < -0.3 is 19.5 Å². The van der Waals surface area contributed by atoms with Crippen LogP contribution in [0.3, 0.4) is 0 Å². The van der Waals surface area contributed by atoms with E-state index in [2.05, 4.69) is 21.8 Å². The Hall–Kier alpha value is -3.70. The summed E-state index contributed by atoms with van der Waals surface area (Å²) < 4.78 is 16.3. The molecule has 0 aliphatic heterocycles. The summed E-state index contributed by atoms with van der Waals surface area (Å²) in [5.41, 5.74) is 3.60. The highest BCUT2D eigenvalue weighted by Crippen LogP contribution is 2.36. The summed E-state index contributed by atoms with van der Waals surface area (Å²) >= 11 is 6.25. The number of hydrogen-bond donors (Lipinski definition) is 2. The van der Waals surface area contributed by atoms with Crippen LogP contribution in [0, 0.1) is 12.3 Å². The van der Waals surface area contributed by atoms with Crippen molar-refractivity contribution in [2.75, 3.05) is 25.1 Å². The van der Waals surface area contributed by atoms with E-state index in [4.69, 9.17) is 32.2 Å². The molecule has 8 nitrogen and oxygen atoms in total. The molecule has 0 aliphatic rings. The van der Waals surface area contributed by atoms with Crippen LogP contribution in [0.4, 0.5) is 5.69 Å². The fraction of sp³-hybridized carbons (Fsp3) is 0.292. The number of carbonyl (C=O) groups is 2. The quantitative estimate of drug-likeness (QED) is 0.277. The van der Waals surface area contributed by atoms with Gasteiger partial charge in [0.1, 0.15) is 12.4 Å². The highest BCUT2D eigenvalue weighted by Gasteiger charge is 2.12. The number of hydrogen-bond acceptors (Lipinski definition) is 6. The average molecular weight is 472 g/mol. The van der Waals surface area contributed by atoms with E-state index in [1.165, 1.54) is 6.21 Å². The molecule has 9 heteroatoms. The third-order valence-electron chi connectivity index (χ3n) is 4.06. The molecule has 2 N–H and O–H groups in total. The van der Waals surface area contributed by atoms with E-state index in [0.29, 0.717) is 41.0 Å². The largest absolute Gasteiger partial charge is 0.494 e. The number of carbonyl (C=O) groups excluding carboxylic acids is 2. The summed E-state index contributed by atoms with van der Waals surface area (Å²) in [7, 11) is 0. The van der Waals surface area contributed by atoms with Crippen molar-refractivity contribution in [2.24, 2.45) is 5.10 Å². The summed E-state index contributed by atoms with van der Waals surface area (Å²) in [4.78, 5) is 24.1. The van der Waals surface area contributed by atoms with Gasteiger partial charge >= 0.3 is 0 Å². The number of anilines is 1. The normalized spacial score (nSPS) is 10.4. The summed E-state index contributed by atoms with van der Waals surface area (Å²) in [6.45, 7) is 4.74. The van der Waals surface area contributed by atoms with Crippen LogP contribution in [-0.4, -0.2) is 37.8 Å². The minimum atomic E-state index is -0.404. The van der Waals surface area contributed by atoms with Crippen LogP contribution in [-0.2, 0) is 9.59 Å². The Morgan fingerprint density at radius 3 is 2.42 bits per heavy atom. The standard InChI is InChI=1S/C24H26ClN3O5/c1-4-13-33-24-20(25)14-17(15-21(24)32-6-3)16-26-28-23(30)12-11-22(29)27-18-7-9-19(10-8-18)31-5-2/h1,7-10,14-16H,5-6,11-13H2,2-3H3,(H,27,29)(H,28,30). The predicted molar refractivity (Wildman–Crippen MR) is 128 cm³/mol. The first-order valence-corrected chi connectivity index (χ1v) is 10.7. The minimum Gasteiger partial charge on any atom is -0.494 e. The summed E-state index contributed by atoms with van der Waals surface area (Å²) in [5.74, 6) is 3.16. The molecule has 2 aromatic rings. The van der Waals surface area contributed by atoms with Gasteiger partial charge in [0.2, 0.25) is 11.8 Å². The molecular formula is C24H26ClN3O5. The SMILES string of the molecule is C#CCOc1c(Cl)cc(C=NNC(=O)CCC(=O)Nc2ccc(OCC)cc2)cc1OCC. The molecule has 0 heterocycles. The van der Waals surface area contributed by atoms with Gasteiger partial charge in [0.25, 0.3) is 0 Å². The number of nitrogens with zero attached hydrogens (tertiary/aromatic N) is 1. The maximum Gasteiger partial charge on any atom is 0.240 e. The second-order valence-electron chi connectivity index (χ2n) is 6.55. The molecule has 33 heavy (non-hydrogen) atoms. The molecule has 0 bridgehead atoms. The Balaban J connectivity index is 1.85. The van der Waals surface area contributed by atoms with Crippen LogP contribution in [0.15, 0.2) is 41.5 Å². The minimum absolute atomic E-state index is 0.0100. The zero-order valence-corrected chi connectivity index (χ0v) is 19.3. The maximum atomic E-state index is 12.1. The smallest absolute Gasteiger partial charge is 0.240 e. The first-order valence-electron chi connectivity index (χ1n) is 10.3. The summed E-state index contributed by atoms with van der Waals surface area (Å²) in [5, 5.41) is 6.94. The van der Waals surface area contributed by atoms with Gasteiger partial charge in [0, 0.05) is 18.5 Å². The molecule has 0 unspecified atom stereocenters. The molecule has 0 fully saturated rings. The highest BCUT2D eigenvalue weighted by atomic mass is 35.5. The highest BCUT2D eigenvalue weighted by molar-refractivity contribution is 6.32. The van der Waals surface area contributed by atoms with Crippen molar-refractivity contribution in [1.82, 2.24) is 5.43 Å². The lowest BCUT2D eigenvalue weighted by Crippen LogP contribution is -2.20. The molecule has 0 radical (unpaired) electrons. The van der Waals surface area contributed by atoms with Gasteiger partial charge in [-0.3, -0.25) is 9.59 Å². The molecular weight excluding hydrogens is 446 g/mol. The second kappa shape index (κ2) is 13.7. The lowest BCUT2D eigenvalue weighted by Gasteiger charge is -2.12. The molecule has 0 spiro atoms. The molecule has 2 aromatic carbocycles. The Morgan fingerprint density at radius 2 is 1.76 bits per heavy atom. The molecule has 2 rings (SSSR count). The van der Waals surface area contributed by atoms with Gasteiger partial charge in [0.05, 0.1) is 24.5 Å². The van der Waals surface area contributed by atoms with Crippen LogP contribution in [0.25, 0.3) is 0 Å². The molecule has 0 aliphatic carbocycles. The van der Waals surface area contributed by atoms with Crippen LogP contribution in [0.2, 0.25) is 5.02 Å². The first kappa shape index (κ1) is 25.6. The van der Waals surface area contributed by atoms with Gasteiger partial charge in [-0.05, 0) is 55.8 Å². The molecule has 174 valence electrons. The fourth-order valence-corrected chi connectivity index (χ4v) is 2.94. The molecule has 2 amide bonds. The van der Waals surface area contributed by atoms with Crippen molar-refractivity contribution in [3.63, 3.8) is 0 Å². The van der Waals surface area contributed by atoms with Crippen molar-refractivity contribution in [3.05, 3.63) is 47.0 Å². The van der Waals surface area contributed by atoms with Crippen LogP contribution < -0.4 is 25.0 Å². The van der Waals surface area contributed by atoms with Crippen LogP contribution in [0.5, 0.6) is 17.2 Å². The van der Waals surface area contributed by atoms with Crippen molar-refractivity contribution in [2.45, 2.75) is 26.7 Å². The van der Waals surface area contributed by atoms with Crippen molar-refractivity contribution >= 4 is 35.3 Å². The summed E-state index contributed by atoms with van der Waals surface area (Å²) in [6.07, 6.45) is 6.62. The van der Waals surface area contributed by atoms with E-state index in [1.54, 1.807) is 36.4 Å². The van der Waals surface area contributed by atoms with Gasteiger partial charge in [-0.1, -0.05) is 17.5 Å². The Labute approximate surface area is 198 Å². The van der Waals surface area contributed by atoms with E-state index >= 15 is 0 Å². The number of ether oxygens (including phenoxy) is 3. The molecule has 0 aromatic heterocycles. The van der Waals surface area contributed by atoms with E-state index in [9.17, 15) is 9.59 Å². The van der Waals surface area contributed by atoms with Crippen LogP contribution >= 0.6 is 11.6 Å². The topological polar surface area (TPSA) is 98.2 Å². The number of benzene rings is 2. The lowest BCUT2D eigenvalue weighted by atomic mass is 10.2. The van der Waals surface area contributed by atoms with Gasteiger partial charge in [-0.25, -0.2) is 5.43 Å². The van der Waals surface area contributed by atoms with E-state index in [1.807, 2.05) is 13.8 Å². The number of terminal acetylenes is 1. The van der Waals surface area contributed by atoms with Gasteiger partial charge in [0.15, 0.2) is 11.5 Å². The number of nitrogens with one attached hydrogen (secondary N) is 2. The number of amides is 2. The maximum absolute atomic E-state index is 12.1. The number of hydrazone groups is 1. The molecule has 0 saturated heterocycles. The van der Waals surface area contributed by atoms with Crippen molar-refractivity contribution in [1.29, 1.82) is 0 Å². The first-order chi connectivity index (χ1) is 16.0. The van der Waals surface area contributed by atoms with E-state index < -0.39 is 5.91 Å². The zero-order valence-electron chi connectivity index (χ0n) is 18.5. The van der Waals surface area contributed by atoms with Gasteiger partial charge in [-0.15, -0.1) is 6.42 Å². The third-order valence-corrected chi connectivity index (χ3v) is 4.34. The van der Waals surface area contributed by atoms with Gasteiger partial charge in [-0.2, -0.15) is 5.10 Å². The third kappa shape index (κ3) is 8.75. The van der Waals surface area contributed by atoms with Crippen molar-refractivity contribution in [3.8, 4) is 29.6 Å². The number of halogens is 1. The predicted octanol–water partition coefficient (Wildman–Crippen LogP) is 4.02. The van der Waals surface area contributed by atoms with E-state index in [-0.39, 0.29) is 25.4 Å². The molecule has 0 atom stereocenters.